The third-order valence-corrected chi connectivity index (χ3v) is 2.61. The van der Waals surface area contributed by atoms with Crippen LogP contribution in [0.2, 0.25) is 0 Å². The van der Waals surface area contributed by atoms with Gasteiger partial charge in [0.15, 0.2) is 0 Å². The van der Waals surface area contributed by atoms with E-state index in [2.05, 4.69) is 6.92 Å². The van der Waals surface area contributed by atoms with Gasteiger partial charge in [0.05, 0.1) is 13.2 Å². The maximum Gasteiger partial charge on any atom is 0.317 e. The van der Waals surface area contributed by atoms with Crippen LogP contribution in [0.1, 0.15) is 25.8 Å². The van der Waals surface area contributed by atoms with Crippen LogP contribution in [0.4, 0.5) is 0 Å². The van der Waals surface area contributed by atoms with Gasteiger partial charge in [-0.1, -0.05) is 26.0 Å². The lowest BCUT2D eigenvalue weighted by Gasteiger charge is -2.18. The van der Waals surface area contributed by atoms with Crippen molar-refractivity contribution in [2.24, 2.45) is 0 Å². The van der Waals surface area contributed by atoms with Crippen molar-refractivity contribution in [1.82, 2.24) is 4.90 Å². The lowest BCUT2D eigenvalue weighted by molar-refractivity contribution is -0.138. The fourth-order valence-electron chi connectivity index (χ4n) is 1.64. The van der Waals surface area contributed by atoms with Gasteiger partial charge in [-0.2, -0.15) is 0 Å². The normalized spacial score (nSPS) is 10.6. The summed E-state index contributed by atoms with van der Waals surface area (Å²) in [6.07, 6.45) is 0.990. The molecule has 0 aliphatic carbocycles. The van der Waals surface area contributed by atoms with Crippen molar-refractivity contribution in [3.05, 3.63) is 29.8 Å². The fourth-order valence-corrected chi connectivity index (χ4v) is 1.64. The number of carboxylic acids is 1. The molecule has 0 aromatic heterocycles. The first-order chi connectivity index (χ1) is 8.65. The Kier molecular flexibility index (Phi) is 6.22. The van der Waals surface area contributed by atoms with Crippen LogP contribution in [-0.2, 0) is 11.3 Å². The second-order valence-corrected chi connectivity index (χ2v) is 4.19. The number of hydrogen-bond donors (Lipinski definition) is 1. The molecule has 1 aromatic carbocycles. The van der Waals surface area contributed by atoms with E-state index in [1.807, 2.05) is 36.1 Å². The number of carboxylic acid groups (broad SMARTS) is 1. The van der Waals surface area contributed by atoms with E-state index in [4.69, 9.17) is 9.84 Å². The van der Waals surface area contributed by atoms with Crippen molar-refractivity contribution in [3.8, 4) is 5.75 Å². The van der Waals surface area contributed by atoms with Crippen LogP contribution < -0.4 is 4.74 Å². The first-order valence-electron chi connectivity index (χ1n) is 6.31. The van der Waals surface area contributed by atoms with Crippen molar-refractivity contribution in [2.45, 2.75) is 26.8 Å². The molecule has 100 valence electrons. The zero-order valence-electron chi connectivity index (χ0n) is 11.1. The van der Waals surface area contributed by atoms with Crippen molar-refractivity contribution in [2.75, 3.05) is 19.7 Å². The van der Waals surface area contributed by atoms with E-state index < -0.39 is 5.97 Å². The number of likely N-dealkylation sites (N-methyl/N-ethyl adjacent to an activating group) is 1. The Bertz CT molecular complexity index is 362. The third kappa shape index (κ3) is 5.19. The van der Waals surface area contributed by atoms with Crippen LogP contribution in [0.3, 0.4) is 0 Å². The summed E-state index contributed by atoms with van der Waals surface area (Å²) in [6, 6.07) is 7.82. The maximum atomic E-state index is 10.7. The number of hydrogen-bond acceptors (Lipinski definition) is 3. The minimum Gasteiger partial charge on any atom is -0.494 e. The lowest BCUT2D eigenvalue weighted by atomic mass is 10.2. The minimum atomic E-state index is -0.792. The van der Waals surface area contributed by atoms with E-state index in [0.29, 0.717) is 6.54 Å². The molecule has 4 heteroatoms. The van der Waals surface area contributed by atoms with Gasteiger partial charge in [0, 0.05) is 6.54 Å². The monoisotopic (exact) mass is 251 g/mol. The predicted octanol–water partition coefficient (Wildman–Crippen LogP) is 2.38. The highest BCUT2D eigenvalue weighted by atomic mass is 16.5. The highest BCUT2D eigenvalue weighted by Gasteiger charge is 2.08. The molecule has 0 fully saturated rings. The minimum absolute atomic E-state index is 0.0740. The van der Waals surface area contributed by atoms with Crippen molar-refractivity contribution >= 4 is 5.97 Å². The summed E-state index contributed by atoms with van der Waals surface area (Å²) >= 11 is 0. The summed E-state index contributed by atoms with van der Waals surface area (Å²) in [4.78, 5) is 12.5. The van der Waals surface area contributed by atoms with E-state index >= 15 is 0 Å². The van der Waals surface area contributed by atoms with Gasteiger partial charge in [0.25, 0.3) is 0 Å². The highest BCUT2D eigenvalue weighted by Crippen LogP contribution is 2.13. The van der Waals surface area contributed by atoms with Gasteiger partial charge in [-0.3, -0.25) is 9.69 Å². The maximum absolute atomic E-state index is 10.7. The smallest absolute Gasteiger partial charge is 0.317 e. The Morgan fingerprint density at radius 2 is 1.94 bits per heavy atom. The molecular formula is C14H21NO3. The zero-order valence-corrected chi connectivity index (χ0v) is 11.1. The summed E-state index contributed by atoms with van der Waals surface area (Å²) in [5.74, 6) is 0.0710. The molecule has 0 bridgehead atoms. The van der Waals surface area contributed by atoms with Crippen molar-refractivity contribution in [1.29, 1.82) is 0 Å². The molecule has 0 atom stereocenters. The Hall–Kier alpha value is -1.55. The lowest BCUT2D eigenvalue weighted by Crippen LogP contribution is -2.28. The average Bonchev–Trinajstić information content (AvgIpc) is 2.36. The van der Waals surface area contributed by atoms with Crippen LogP contribution in [0.25, 0.3) is 0 Å². The summed E-state index contributed by atoms with van der Waals surface area (Å²) in [6.45, 7) is 6.20. The van der Waals surface area contributed by atoms with Crippen molar-refractivity contribution in [3.63, 3.8) is 0 Å². The largest absolute Gasteiger partial charge is 0.494 e. The summed E-state index contributed by atoms with van der Waals surface area (Å²) < 4.78 is 5.50. The van der Waals surface area contributed by atoms with Crippen molar-refractivity contribution < 1.29 is 14.6 Å². The number of carbonyl (C=O) groups is 1. The number of ether oxygens (including phenoxy) is 1. The Morgan fingerprint density at radius 1 is 1.28 bits per heavy atom. The molecule has 0 aliphatic rings. The molecule has 0 heterocycles. The molecule has 0 radical (unpaired) electrons. The Labute approximate surface area is 108 Å². The van der Waals surface area contributed by atoms with Crippen LogP contribution in [0.5, 0.6) is 5.75 Å². The summed E-state index contributed by atoms with van der Waals surface area (Å²) in [5.41, 5.74) is 1.10. The molecular weight excluding hydrogens is 230 g/mol. The SMILES string of the molecule is CCCOc1ccc(CN(CC)CC(=O)O)cc1. The van der Waals surface area contributed by atoms with Gasteiger partial charge in [-0.05, 0) is 30.7 Å². The number of aliphatic carboxylic acids is 1. The quantitative estimate of drug-likeness (QED) is 0.770. The molecule has 1 N–H and O–H groups in total. The predicted molar refractivity (Wildman–Crippen MR) is 70.8 cm³/mol. The second-order valence-electron chi connectivity index (χ2n) is 4.19. The number of benzene rings is 1. The summed E-state index contributed by atoms with van der Waals surface area (Å²) in [5, 5.41) is 8.77. The first-order valence-corrected chi connectivity index (χ1v) is 6.31. The molecule has 0 amide bonds. The average molecular weight is 251 g/mol. The van der Waals surface area contributed by atoms with Gasteiger partial charge >= 0.3 is 5.97 Å². The van der Waals surface area contributed by atoms with Gasteiger partial charge < -0.3 is 9.84 Å². The third-order valence-electron chi connectivity index (χ3n) is 2.61. The first kappa shape index (κ1) is 14.5. The highest BCUT2D eigenvalue weighted by molar-refractivity contribution is 5.69. The fraction of sp³-hybridized carbons (Fsp3) is 0.500. The van der Waals surface area contributed by atoms with Crippen LogP contribution in [-0.4, -0.2) is 35.7 Å². The van der Waals surface area contributed by atoms with E-state index in [0.717, 1.165) is 30.9 Å². The van der Waals surface area contributed by atoms with Gasteiger partial charge in [-0.15, -0.1) is 0 Å². The number of nitrogens with zero attached hydrogens (tertiary/aromatic N) is 1. The molecule has 0 saturated carbocycles. The summed E-state index contributed by atoms with van der Waals surface area (Å²) in [7, 11) is 0. The van der Waals surface area contributed by atoms with E-state index in [1.165, 1.54) is 0 Å². The van der Waals surface area contributed by atoms with Gasteiger partial charge in [0.2, 0.25) is 0 Å². The number of rotatable bonds is 8. The molecule has 0 spiro atoms. The van der Waals surface area contributed by atoms with Gasteiger partial charge in [0.1, 0.15) is 5.75 Å². The topological polar surface area (TPSA) is 49.8 Å². The molecule has 18 heavy (non-hydrogen) atoms. The molecule has 1 aromatic rings. The Balaban J connectivity index is 2.53. The Morgan fingerprint density at radius 3 is 2.44 bits per heavy atom. The van der Waals surface area contributed by atoms with E-state index in [9.17, 15) is 4.79 Å². The zero-order chi connectivity index (χ0) is 13.4. The molecule has 0 unspecified atom stereocenters. The van der Waals surface area contributed by atoms with E-state index in [-0.39, 0.29) is 6.54 Å². The van der Waals surface area contributed by atoms with Crippen LogP contribution in [0, 0.1) is 0 Å². The molecule has 0 saturated heterocycles. The molecule has 4 nitrogen and oxygen atoms in total. The van der Waals surface area contributed by atoms with Crippen LogP contribution in [0.15, 0.2) is 24.3 Å². The molecule has 0 aliphatic heterocycles. The standard InChI is InChI=1S/C14H21NO3/c1-3-9-18-13-7-5-12(6-8-13)10-15(4-2)11-14(16)17/h5-8H,3-4,9-11H2,1-2H3,(H,16,17). The van der Waals surface area contributed by atoms with E-state index in [1.54, 1.807) is 0 Å². The van der Waals surface area contributed by atoms with Crippen LogP contribution >= 0.6 is 0 Å². The second kappa shape index (κ2) is 7.71. The van der Waals surface area contributed by atoms with Gasteiger partial charge in [-0.25, -0.2) is 0 Å². The molecule has 1 rings (SSSR count).